The van der Waals surface area contributed by atoms with E-state index >= 15 is 0 Å². The Kier molecular flexibility index (Phi) is 6.18. The van der Waals surface area contributed by atoms with Crippen LogP contribution in [-0.4, -0.2) is 37.3 Å². The topological polar surface area (TPSA) is 140 Å². The van der Waals surface area contributed by atoms with Crippen molar-refractivity contribution in [1.29, 1.82) is 0 Å². The molecule has 1 atom stereocenters. The first-order valence-corrected chi connectivity index (χ1v) is 12.1. The highest BCUT2D eigenvalue weighted by molar-refractivity contribution is 7.89. The summed E-state index contributed by atoms with van der Waals surface area (Å²) in [6, 6.07) is 11.0. The molecule has 3 N–H and O–H groups in total. The number of carbonyl (C=O) groups excluding carboxylic acids is 2. The maximum atomic E-state index is 13.3. The summed E-state index contributed by atoms with van der Waals surface area (Å²) in [5.74, 6) is -1.43. The van der Waals surface area contributed by atoms with Crippen molar-refractivity contribution in [1.82, 2.24) is 4.98 Å². The third-order valence-electron chi connectivity index (χ3n) is 5.91. The molecule has 1 saturated heterocycles. The zero-order valence-corrected chi connectivity index (χ0v) is 20.0. The third kappa shape index (κ3) is 4.29. The normalized spacial score (nSPS) is 17.6. The summed E-state index contributed by atoms with van der Waals surface area (Å²) in [4.78, 5) is 31.6. The number of hydrogen-bond donors (Lipinski definition) is 2. The minimum atomic E-state index is -3.95. The van der Waals surface area contributed by atoms with Gasteiger partial charge in [0.15, 0.2) is 0 Å². The molecule has 1 aliphatic rings. The van der Waals surface area contributed by atoms with Crippen LogP contribution in [0.3, 0.4) is 0 Å². The van der Waals surface area contributed by atoms with E-state index in [0.29, 0.717) is 22.4 Å². The van der Waals surface area contributed by atoms with E-state index in [1.807, 2.05) is 0 Å². The van der Waals surface area contributed by atoms with Gasteiger partial charge in [0, 0.05) is 23.6 Å². The van der Waals surface area contributed by atoms with Crippen molar-refractivity contribution < 1.29 is 27.9 Å². The van der Waals surface area contributed by atoms with Crippen LogP contribution < -0.4 is 14.8 Å². The highest BCUT2D eigenvalue weighted by atomic mass is 32.2. The van der Waals surface area contributed by atoms with E-state index in [0.717, 1.165) is 5.56 Å². The van der Waals surface area contributed by atoms with Gasteiger partial charge in [-0.3, -0.25) is 19.5 Å². The number of rotatable bonds is 5. The monoisotopic (exact) mass is 493 g/mol. The lowest BCUT2D eigenvalue weighted by Gasteiger charge is -2.25. The van der Waals surface area contributed by atoms with Gasteiger partial charge >= 0.3 is 0 Å². The van der Waals surface area contributed by atoms with E-state index in [9.17, 15) is 23.1 Å². The van der Waals surface area contributed by atoms with Crippen LogP contribution in [0, 0.1) is 13.8 Å². The number of aliphatic hydroxyl groups excluding tert-OH is 1. The van der Waals surface area contributed by atoms with Crippen LogP contribution in [0.4, 0.5) is 5.69 Å². The van der Waals surface area contributed by atoms with Crippen molar-refractivity contribution in [2.45, 2.75) is 24.8 Å². The van der Waals surface area contributed by atoms with Crippen molar-refractivity contribution in [3.8, 4) is 5.75 Å². The molecule has 3 aromatic rings. The van der Waals surface area contributed by atoms with E-state index in [1.165, 1.54) is 48.7 Å². The average molecular weight is 494 g/mol. The Hall–Kier alpha value is -4.02. The molecule has 2 aromatic carbocycles. The number of anilines is 1. The van der Waals surface area contributed by atoms with Gasteiger partial charge in [-0.05, 0) is 79.1 Å². The summed E-state index contributed by atoms with van der Waals surface area (Å²) in [5, 5.41) is 16.5. The number of ether oxygens (including phenoxy) is 1. The Morgan fingerprint density at radius 1 is 1.03 bits per heavy atom. The lowest BCUT2D eigenvalue weighted by Crippen LogP contribution is -2.29. The second-order valence-electron chi connectivity index (χ2n) is 8.13. The molecule has 0 spiro atoms. The van der Waals surface area contributed by atoms with Crippen molar-refractivity contribution >= 4 is 33.2 Å². The molecule has 2 heterocycles. The molecule has 9 nitrogen and oxygen atoms in total. The maximum Gasteiger partial charge on any atom is 0.300 e. The number of benzene rings is 2. The third-order valence-corrected chi connectivity index (χ3v) is 6.84. The number of aromatic nitrogens is 1. The van der Waals surface area contributed by atoms with Crippen LogP contribution in [0.2, 0.25) is 0 Å². The van der Waals surface area contributed by atoms with Crippen LogP contribution in [0.15, 0.2) is 71.4 Å². The van der Waals surface area contributed by atoms with E-state index in [4.69, 9.17) is 9.88 Å². The average Bonchev–Trinajstić information content (AvgIpc) is 3.10. The number of primary sulfonamides is 1. The number of aryl methyl sites for hydroxylation is 2. The van der Waals surface area contributed by atoms with Crippen LogP contribution in [0.5, 0.6) is 5.75 Å². The van der Waals surface area contributed by atoms with Gasteiger partial charge in [-0.2, -0.15) is 0 Å². The molecular formula is C25H23N3O6S. The number of aliphatic hydroxyl groups is 1. The number of amides is 1. The number of ketones is 1. The smallest absolute Gasteiger partial charge is 0.300 e. The lowest BCUT2D eigenvalue weighted by molar-refractivity contribution is -0.132. The standard InChI is InChI=1S/C25H23N3O6S/c1-14-13-20(34-3)15(2)12-19(14)23(29)21-22(16-8-10-27-11-9-16)28(25(31)24(21)30)17-4-6-18(7-5-17)35(26,32)33/h4-13,22,29H,1-3H3,(H2,26,32,33)/b23-21+. The molecule has 180 valence electrons. The zero-order chi connectivity index (χ0) is 25.5. The van der Waals surface area contributed by atoms with Crippen molar-refractivity contribution in [3.05, 3.63) is 88.8 Å². The van der Waals surface area contributed by atoms with Gasteiger partial charge in [0.05, 0.1) is 23.6 Å². The number of carbonyl (C=O) groups is 2. The van der Waals surface area contributed by atoms with Crippen molar-refractivity contribution in [2.75, 3.05) is 12.0 Å². The Bertz CT molecular complexity index is 1470. The van der Waals surface area contributed by atoms with Crippen molar-refractivity contribution in [2.24, 2.45) is 5.14 Å². The predicted molar refractivity (Wildman–Crippen MR) is 129 cm³/mol. The molecular weight excluding hydrogens is 470 g/mol. The molecule has 1 unspecified atom stereocenters. The van der Waals surface area contributed by atoms with Crippen LogP contribution >= 0.6 is 0 Å². The SMILES string of the molecule is COc1cc(C)c(/C(O)=C2\C(=O)C(=O)N(c3ccc(S(N)(=O)=O)cc3)C2c2ccncc2)cc1C. The zero-order valence-electron chi connectivity index (χ0n) is 19.2. The Balaban J connectivity index is 1.94. The second kappa shape index (κ2) is 8.97. The highest BCUT2D eigenvalue weighted by Crippen LogP contribution is 2.43. The first kappa shape index (κ1) is 24.1. The first-order valence-electron chi connectivity index (χ1n) is 10.5. The molecule has 4 rings (SSSR count). The van der Waals surface area contributed by atoms with Crippen molar-refractivity contribution in [3.63, 3.8) is 0 Å². The number of hydrogen-bond acceptors (Lipinski definition) is 7. The predicted octanol–water partition coefficient (Wildman–Crippen LogP) is 2.98. The molecule has 1 fully saturated rings. The Labute approximate surface area is 202 Å². The summed E-state index contributed by atoms with van der Waals surface area (Å²) in [6.07, 6.45) is 3.03. The summed E-state index contributed by atoms with van der Waals surface area (Å²) in [7, 11) is -2.41. The fourth-order valence-electron chi connectivity index (χ4n) is 4.17. The van der Waals surface area contributed by atoms with E-state index in [1.54, 1.807) is 38.1 Å². The van der Waals surface area contributed by atoms with Gasteiger partial charge in [-0.25, -0.2) is 13.6 Å². The molecule has 0 aliphatic carbocycles. The van der Waals surface area contributed by atoms with Gasteiger partial charge in [0.1, 0.15) is 11.5 Å². The van der Waals surface area contributed by atoms with Gasteiger partial charge in [-0.1, -0.05) is 0 Å². The minimum Gasteiger partial charge on any atom is -0.507 e. The highest BCUT2D eigenvalue weighted by Gasteiger charge is 2.47. The van der Waals surface area contributed by atoms with E-state index in [2.05, 4.69) is 4.98 Å². The molecule has 0 saturated carbocycles. The van der Waals surface area contributed by atoms with Gasteiger partial charge in [0.25, 0.3) is 11.7 Å². The minimum absolute atomic E-state index is 0.0932. The van der Waals surface area contributed by atoms with Crippen LogP contribution in [-0.2, 0) is 19.6 Å². The summed E-state index contributed by atoms with van der Waals surface area (Å²) >= 11 is 0. The van der Waals surface area contributed by atoms with E-state index < -0.39 is 27.8 Å². The summed E-state index contributed by atoms with van der Waals surface area (Å²) in [6.45, 7) is 3.57. The number of nitrogens with zero attached hydrogens (tertiary/aromatic N) is 2. The van der Waals surface area contributed by atoms with Gasteiger partial charge in [-0.15, -0.1) is 0 Å². The molecule has 1 aromatic heterocycles. The fourth-order valence-corrected chi connectivity index (χ4v) is 4.68. The molecule has 35 heavy (non-hydrogen) atoms. The van der Waals surface area contributed by atoms with E-state index in [-0.39, 0.29) is 21.9 Å². The van der Waals surface area contributed by atoms with Gasteiger partial charge in [0.2, 0.25) is 10.0 Å². The number of pyridine rings is 1. The van der Waals surface area contributed by atoms with Crippen LogP contribution in [0.1, 0.15) is 28.3 Å². The largest absolute Gasteiger partial charge is 0.507 e. The molecule has 10 heteroatoms. The number of nitrogens with two attached hydrogens (primary N) is 1. The molecule has 0 bridgehead atoms. The summed E-state index contributed by atoms with van der Waals surface area (Å²) in [5.41, 5.74) is 2.51. The second-order valence-corrected chi connectivity index (χ2v) is 9.69. The number of methoxy groups -OCH3 is 1. The van der Waals surface area contributed by atoms with Crippen LogP contribution in [0.25, 0.3) is 5.76 Å². The van der Waals surface area contributed by atoms with Gasteiger partial charge < -0.3 is 9.84 Å². The molecule has 1 aliphatic heterocycles. The lowest BCUT2D eigenvalue weighted by atomic mass is 9.93. The number of Topliss-reactive ketones (excluding diaryl/α,β-unsaturated/α-hetero) is 1. The summed E-state index contributed by atoms with van der Waals surface area (Å²) < 4.78 is 28.7. The first-order chi connectivity index (χ1) is 16.5. The molecule has 1 amide bonds. The Morgan fingerprint density at radius 3 is 2.23 bits per heavy atom. The number of sulfonamides is 1. The fraction of sp³-hybridized carbons (Fsp3) is 0.160. The quantitative estimate of drug-likeness (QED) is 0.316. The molecule has 0 radical (unpaired) electrons. The maximum absolute atomic E-state index is 13.3. The Morgan fingerprint density at radius 2 is 1.66 bits per heavy atom.